The molecular formula is C31H42ClN9O. The number of fused-ring (bicyclic) bond motifs is 1. The number of hydrogen-bond acceptors (Lipinski definition) is 8. The number of halogens is 1. The molecule has 2 fully saturated rings. The van der Waals surface area contributed by atoms with E-state index in [9.17, 15) is 0 Å². The Balaban J connectivity index is 1.10. The van der Waals surface area contributed by atoms with E-state index in [1.54, 1.807) is 13.3 Å². The van der Waals surface area contributed by atoms with Crippen LogP contribution in [0.2, 0.25) is 5.02 Å². The van der Waals surface area contributed by atoms with E-state index in [1.807, 2.05) is 11.7 Å². The Hall–Kier alpha value is -3.18. The van der Waals surface area contributed by atoms with E-state index in [-0.39, 0.29) is 0 Å². The summed E-state index contributed by atoms with van der Waals surface area (Å²) in [7, 11) is 3.78. The lowest BCUT2D eigenvalue weighted by Gasteiger charge is -2.36. The largest absolute Gasteiger partial charge is 0.383 e. The molecule has 0 radical (unpaired) electrons. The number of aryl methyl sites for hydroxylation is 2. The molecule has 4 aromatic rings. The van der Waals surface area contributed by atoms with Gasteiger partial charge in [0.05, 0.1) is 29.2 Å². The summed E-state index contributed by atoms with van der Waals surface area (Å²) < 4.78 is 7.21. The summed E-state index contributed by atoms with van der Waals surface area (Å²) in [4.78, 5) is 20.3. The van der Waals surface area contributed by atoms with Crippen molar-refractivity contribution in [3.8, 4) is 11.4 Å². The maximum atomic E-state index is 6.69. The van der Waals surface area contributed by atoms with Gasteiger partial charge in [-0.25, -0.2) is 9.97 Å². The molecule has 224 valence electrons. The van der Waals surface area contributed by atoms with Crippen LogP contribution in [-0.4, -0.2) is 100 Å². The van der Waals surface area contributed by atoms with Crippen molar-refractivity contribution in [3.63, 3.8) is 0 Å². The molecule has 3 aromatic heterocycles. The second-order valence-electron chi connectivity index (χ2n) is 11.6. The Kier molecular flexibility index (Phi) is 8.67. The van der Waals surface area contributed by atoms with Gasteiger partial charge in [0, 0.05) is 95.1 Å². The van der Waals surface area contributed by atoms with Crippen LogP contribution in [0.25, 0.3) is 22.6 Å². The predicted octanol–water partition coefficient (Wildman–Crippen LogP) is 4.47. The number of piperidine rings is 1. The summed E-state index contributed by atoms with van der Waals surface area (Å²) in [5.41, 5.74) is 8.42. The van der Waals surface area contributed by atoms with Crippen LogP contribution in [0.1, 0.15) is 29.8 Å². The molecule has 0 aliphatic carbocycles. The van der Waals surface area contributed by atoms with E-state index in [4.69, 9.17) is 21.3 Å². The van der Waals surface area contributed by atoms with E-state index >= 15 is 0 Å². The predicted molar refractivity (Wildman–Crippen MR) is 169 cm³/mol. The molecule has 0 amide bonds. The van der Waals surface area contributed by atoms with Crippen molar-refractivity contribution in [1.29, 1.82) is 0 Å². The molecule has 11 heteroatoms. The smallest absolute Gasteiger partial charge is 0.180 e. The van der Waals surface area contributed by atoms with E-state index < -0.39 is 0 Å². The zero-order valence-electron chi connectivity index (χ0n) is 25.2. The van der Waals surface area contributed by atoms with Crippen LogP contribution < -0.4 is 10.2 Å². The number of likely N-dealkylation sites (tertiary alicyclic amines) is 1. The first-order valence-electron chi connectivity index (χ1n) is 15.0. The number of pyridine rings is 1. The van der Waals surface area contributed by atoms with Gasteiger partial charge >= 0.3 is 0 Å². The molecular weight excluding hydrogens is 550 g/mol. The summed E-state index contributed by atoms with van der Waals surface area (Å²) in [5, 5.41) is 8.93. The third kappa shape index (κ3) is 6.13. The third-order valence-corrected chi connectivity index (χ3v) is 9.23. The molecule has 0 spiro atoms. The molecule has 2 aliphatic rings. The number of rotatable bonds is 9. The average Bonchev–Trinajstić information content (AvgIpc) is 3.55. The van der Waals surface area contributed by atoms with Gasteiger partial charge in [0.15, 0.2) is 5.65 Å². The number of H-pyrrole nitrogens is 1. The molecule has 2 N–H and O–H groups in total. The quantitative estimate of drug-likeness (QED) is 0.295. The molecule has 10 nitrogen and oxygen atoms in total. The molecule has 5 heterocycles. The van der Waals surface area contributed by atoms with Gasteiger partial charge in [-0.1, -0.05) is 11.6 Å². The molecule has 0 unspecified atom stereocenters. The highest BCUT2D eigenvalue weighted by Gasteiger charge is 2.24. The number of piperazine rings is 1. The van der Waals surface area contributed by atoms with Crippen LogP contribution in [-0.2, 0) is 18.3 Å². The molecule has 1 aromatic carbocycles. The molecule has 2 saturated heterocycles. The minimum atomic E-state index is 0.335. The number of ether oxygens (including phenoxy) is 1. The van der Waals surface area contributed by atoms with Crippen molar-refractivity contribution in [2.24, 2.45) is 7.05 Å². The molecule has 0 saturated carbocycles. The highest BCUT2D eigenvalue weighted by atomic mass is 35.5. The topological polar surface area (TPSA) is 90.4 Å². The fourth-order valence-corrected chi connectivity index (χ4v) is 6.40. The number of methoxy groups -OCH3 is 1. The van der Waals surface area contributed by atoms with Crippen molar-refractivity contribution in [2.45, 2.75) is 39.3 Å². The van der Waals surface area contributed by atoms with E-state index in [0.717, 1.165) is 100 Å². The number of anilines is 2. The van der Waals surface area contributed by atoms with Crippen molar-refractivity contribution in [1.82, 2.24) is 34.5 Å². The van der Waals surface area contributed by atoms with Crippen LogP contribution in [0.4, 0.5) is 11.4 Å². The lowest BCUT2D eigenvalue weighted by Crippen LogP contribution is -2.47. The molecule has 0 atom stereocenters. The van der Waals surface area contributed by atoms with Crippen LogP contribution in [0, 0.1) is 13.8 Å². The standard InChI is InChI=1S/C31H42ClN9O/c1-21-26(22(2)38(3)37-21)20-40-11-9-24(10-12-40)34-28-27(32)19-33-31-29(28)35-30(36-31)23-5-7-25(8-6-23)41-15-13-39(14-16-41)17-18-42-4/h5-8,19,24H,9-18,20H2,1-4H3,(H2,33,34,35,36). The number of aromatic nitrogens is 5. The fraction of sp³-hybridized carbons (Fsp3) is 0.516. The van der Waals surface area contributed by atoms with Crippen LogP contribution in [0.3, 0.4) is 0 Å². The molecule has 0 bridgehead atoms. The molecule has 42 heavy (non-hydrogen) atoms. The summed E-state index contributed by atoms with van der Waals surface area (Å²) in [6.07, 6.45) is 3.79. The first-order valence-corrected chi connectivity index (χ1v) is 15.4. The number of benzene rings is 1. The number of aromatic amines is 1. The fourth-order valence-electron chi connectivity index (χ4n) is 6.20. The minimum Gasteiger partial charge on any atom is -0.383 e. The maximum Gasteiger partial charge on any atom is 0.180 e. The van der Waals surface area contributed by atoms with Gasteiger partial charge in [0.2, 0.25) is 0 Å². The van der Waals surface area contributed by atoms with Gasteiger partial charge in [0.1, 0.15) is 11.3 Å². The van der Waals surface area contributed by atoms with Crippen LogP contribution in [0.5, 0.6) is 0 Å². The van der Waals surface area contributed by atoms with Crippen molar-refractivity contribution >= 4 is 34.1 Å². The first-order chi connectivity index (χ1) is 20.4. The van der Waals surface area contributed by atoms with Crippen LogP contribution in [0.15, 0.2) is 30.5 Å². The van der Waals surface area contributed by atoms with Crippen molar-refractivity contribution in [3.05, 3.63) is 52.4 Å². The van der Waals surface area contributed by atoms with Gasteiger partial charge in [0.25, 0.3) is 0 Å². The Morgan fingerprint density at radius 1 is 1.02 bits per heavy atom. The van der Waals surface area contributed by atoms with Gasteiger partial charge in [-0.3, -0.25) is 14.5 Å². The summed E-state index contributed by atoms with van der Waals surface area (Å²) in [5.74, 6) is 0.802. The SMILES string of the molecule is COCCN1CCN(c2ccc(-c3nc4ncc(Cl)c(NC5CCN(Cc6c(C)nn(C)c6C)CC5)c4[nH]3)cc2)CC1. The summed E-state index contributed by atoms with van der Waals surface area (Å²) in [6, 6.07) is 8.99. The van der Waals surface area contributed by atoms with Crippen molar-refractivity contribution < 1.29 is 4.74 Å². The van der Waals surface area contributed by atoms with Crippen molar-refractivity contribution in [2.75, 3.05) is 69.7 Å². The minimum absolute atomic E-state index is 0.335. The normalized spacial score (nSPS) is 17.4. The lowest BCUT2D eigenvalue weighted by molar-refractivity contribution is 0.144. The zero-order chi connectivity index (χ0) is 29.2. The Bertz CT molecular complexity index is 1500. The molecule has 2 aliphatic heterocycles. The summed E-state index contributed by atoms with van der Waals surface area (Å²) in [6.45, 7) is 13.2. The molecule has 6 rings (SSSR count). The maximum absolute atomic E-state index is 6.69. The average molecular weight is 592 g/mol. The number of nitrogens with zero attached hydrogens (tertiary/aromatic N) is 7. The van der Waals surface area contributed by atoms with Gasteiger partial charge < -0.3 is 19.9 Å². The summed E-state index contributed by atoms with van der Waals surface area (Å²) >= 11 is 6.69. The first kappa shape index (κ1) is 28.9. The highest BCUT2D eigenvalue weighted by molar-refractivity contribution is 6.34. The van der Waals surface area contributed by atoms with E-state index in [2.05, 4.69) is 73.2 Å². The Labute approximate surface area is 253 Å². The van der Waals surface area contributed by atoms with Gasteiger partial charge in [-0.15, -0.1) is 0 Å². The monoisotopic (exact) mass is 591 g/mol. The second kappa shape index (κ2) is 12.6. The Morgan fingerprint density at radius 2 is 1.76 bits per heavy atom. The highest BCUT2D eigenvalue weighted by Crippen LogP contribution is 2.33. The number of nitrogens with one attached hydrogen (secondary N) is 2. The van der Waals surface area contributed by atoms with E-state index in [1.165, 1.54) is 16.9 Å². The lowest BCUT2D eigenvalue weighted by atomic mass is 10.0. The van der Waals surface area contributed by atoms with Gasteiger partial charge in [-0.2, -0.15) is 5.10 Å². The second-order valence-corrected chi connectivity index (χ2v) is 12.0. The van der Waals surface area contributed by atoms with Gasteiger partial charge in [-0.05, 0) is 51.0 Å². The van der Waals surface area contributed by atoms with Crippen LogP contribution >= 0.6 is 11.6 Å². The number of imidazole rings is 1. The van der Waals surface area contributed by atoms with E-state index in [0.29, 0.717) is 16.7 Å². The zero-order valence-corrected chi connectivity index (χ0v) is 25.9. The number of hydrogen-bond donors (Lipinski definition) is 2. The Morgan fingerprint density at radius 3 is 2.43 bits per heavy atom. The third-order valence-electron chi connectivity index (χ3n) is 8.94.